The number of amides is 1. The Kier molecular flexibility index (Phi) is 5.02. The van der Waals surface area contributed by atoms with E-state index in [9.17, 15) is 18.0 Å². The maximum Gasteiger partial charge on any atom is 0.405 e. The van der Waals surface area contributed by atoms with E-state index < -0.39 is 18.6 Å². The number of carbonyl (C=O) groups is 1. The first-order valence-electron chi connectivity index (χ1n) is 5.18. The quantitative estimate of drug-likeness (QED) is 0.813. The zero-order valence-corrected chi connectivity index (χ0v) is 9.71. The summed E-state index contributed by atoms with van der Waals surface area (Å²) >= 11 is 0. The van der Waals surface area contributed by atoms with Gasteiger partial charge >= 0.3 is 6.18 Å². The van der Waals surface area contributed by atoms with Crippen LogP contribution in [-0.2, 0) is 11.3 Å². The Morgan fingerprint density at radius 1 is 1.33 bits per heavy atom. The van der Waals surface area contributed by atoms with Crippen molar-refractivity contribution in [3.63, 3.8) is 0 Å². The first kappa shape index (κ1) is 14.4. The van der Waals surface area contributed by atoms with Crippen LogP contribution in [0.5, 0.6) is 0 Å². The smallest absolute Gasteiger partial charge is 0.346 e. The lowest BCUT2D eigenvalue weighted by Crippen LogP contribution is -2.39. The molecule has 1 rings (SSSR count). The SMILES string of the molecule is Cc1cnc(CNCC(=O)NCC(F)(F)F)cn1. The Balaban J connectivity index is 2.21. The molecule has 0 saturated carbocycles. The summed E-state index contributed by atoms with van der Waals surface area (Å²) in [6, 6.07) is 0. The van der Waals surface area contributed by atoms with Gasteiger partial charge in [0.05, 0.1) is 17.9 Å². The van der Waals surface area contributed by atoms with Gasteiger partial charge in [-0.1, -0.05) is 0 Å². The van der Waals surface area contributed by atoms with Crippen LogP contribution in [0.4, 0.5) is 13.2 Å². The van der Waals surface area contributed by atoms with Gasteiger partial charge in [-0.2, -0.15) is 13.2 Å². The van der Waals surface area contributed by atoms with Crippen LogP contribution in [0, 0.1) is 6.92 Å². The van der Waals surface area contributed by atoms with E-state index >= 15 is 0 Å². The molecule has 0 fully saturated rings. The topological polar surface area (TPSA) is 66.9 Å². The zero-order valence-electron chi connectivity index (χ0n) is 9.71. The van der Waals surface area contributed by atoms with Crippen LogP contribution in [0.25, 0.3) is 0 Å². The lowest BCUT2D eigenvalue weighted by atomic mass is 10.4. The lowest BCUT2D eigenvalue weighted by molar-refractivity contribution is -0.137. The highest BCUT2D eigenvalue weighted by Gasteiger charge is 2.27. The molecule has 0 atom stereocenters. The molecule has 18 heavy (non-hydrogen) atoms. The number of aryl methyl sites for hydroxylation is 1. The second-order valence-corrected chi connectivity index (χ2v) is 3.64. The minimum Gasteiger partial charge on any atom is -0.346 e. The van der Waals surface area contributed by atoms with E-state index in [1.807, 2.05) is 0 Å². The number of carbonyl (C=O) groups excluding carboxylic acids is 1. The molecule has 1 aromatic rings. The molecule has 0 saturated heterocycles. The fraction of sp³-hybridized carbons (Fsp3) is 0.500. The molecule has 0 radical (unpaired) electrons. The van der Waals surface area contributed by atoms with E-state index in [2.05, 4.69) is 15.3 Å². The minimum atomic E-state index is -4.39. The lowest BCUT2D eigenvalue weighted by Gasteiger charge is -2.08. The van der Waals surface area contributed by atoms with Gasteiger partial charge < -0.3 is 10.6 Å². The molecule has 1 amide bonds. The molecule has 2 N–H and O–H groups in total. The van der Waals surface area contributed by atoms with Crippen molar-refractivity contribution in [1.29, 1.82) is 0 Å². The number of nitrogens with zero attached hydrogens (tertiary/aromatic N) is 2. The van der Waals surface area contributed by atoms with Crippen molar-refractivity contribution >= 4 is 5.91 Å². The van der Waals surface area contributed by atoms with Crippen molar-refractivity contribution in [3.05, 3.63) is 23.8 Å². The number of halogens is 3. The third-order valence-corrected chi connectivity index (χ3v) is 1.91. The van der Waals surface area contributed by atoms with Crippen LogP contribution < -0.4 is 10.6 Å². The number of hydrogen-bond donors (Lipinski definition) is 2. The van der Waals surface area contributed by atoms with Gasteiger partial charge in [-0.15, -0.1) is 0 Å². The molecule has 0 bridgehead atoms. The average Bonchev–Trinajstić information content (AvgIpc) is 2.28. The van der Waals surface area contributed by atoms with Crippen LogP contribution in [0.3, 0.4) is 0 Å². The summed E-state index contributed by atoms with van der Waals surface area (Å²) in [6.07, 6.45) is -1.28. The van der Waals surface area contributed by atoms with E-state index in [-0.39, 0.29) is 13.1 Å². The third-order valence-electron chi connectivity index (χ3n) is 1.91. The van der Waals surface area contributed by atoms with Gasteiger partial charge in [0.15, 0.2) is 0 Å². The van der Waals surface area contributed by atoms with E-state index in [0.29, 0.717) is 5.69 Å². The molecule has 0 unspecified atom stereocenters. The fourth-order valence-electron chi connectivity index (χ4n) is 1.08. The van der Waals surface area contributed by atoms with Crippen LogP contribution in [-0.4, -0.2) is 35.1 Å². The first-order valence-corrected chi connectivity index (χ1v) is 5.18. The molecule has 0 aliphatic heterocycles. The molecule has 0 aliphatic rings. The Labute approximate surface area is 102 Å². The Morgan fingerprint density at radius 2 is 2.06 bits per heavy atom. The largest absolute Gasteiger partial charge is 0.405 e. The van der Waals surface area contributed by atoms with E-state index in [1.54, 1.807) is 18.4 Å². The van der Waals surface area contributed by atoms with Crippen molar-refractivity contribution in [2.45, 2.75) is 19.6 Å². The monoisotopic (exact) mass is 262 g/mol. The van der Waals surface area contributed by atoms with E-state index in [0.717, 1.165) is 5.69 Å². The molecule has 5 nitrogen and oxygen atoms in total. The standard InChI is InChI=1S/C10H13F3N4O/c1-7-2-16-8(4-15-7)3-14-5-9(18)17-6-10(11,12)13/h2,4,14H,3,5-6H2,1H3,(H,17,18). The van der Waals surface area contributed by atoms with Gasteiger partial charge in [0, 0.05) is 18.9 Å². The molecule has 8 heteroatoms. The summed E-state index contributed by atoms with van der Waals surface area (Å²) in [4.78, 5) is 19.0. The van der Waals surface area contributed by atoms with E-state index in [4.69, 9.17) is 0 Å². The van der Waals surface area contributed by atoms with Gasteiger partial charge in [0.25, 0.3) is 0 Å². The summed E-state index contributed by atoms with van der Waals surface area (Å²) in [5.74, 6) is -0.715. The minimum absolute atomic E-state index is 0.203. The van der Waals surface area contributed by atoms with Crippen LogP contribution in [0.15, 0.2) is 12.4 Å². The van der Waals surface area contributed by atoms with Crippen molar-refractivity contribution in [1.82, 2.24) is 20.6 Å². The maximum absolute atomic E-state index is 11.8. The van der Waals surface area contributed by atoms with Gasteiger partial charge in [0.2, 0.25) is 5.91 Å². The van der Waals surface area contributed by atoms with Crippen molar-refractivity contribution in [2.75, 3.05) is 13.1 Å². The second kappa shape index (κ2) is 6.29. The third kappa shape index (κ3) is 6.14. The summed E-state index contributed by atoms with van der Waals surface area (Å²) < 4.78 is 35.4. The van der Waals surface area contributed by atoms with Crippen LogP contribution in [0.1, 0.15) is 11.4 Å². The number of alkyl halides is 3. The second-order valence-electron chi connectivity index (χ2n) is 3.64. The predicted molar refractivity (Wildman–Crippen MR) is 57.5 cm³/mol. The van der Waals surface area contributed by atoms with Gasteiger partial charge in [-0.25, -0.2) is 0 Å². The zero-order chi connectivity index (χ0) is 13.6. The summed E-state index contributed by atoms with van der Waals surface area (Å²) in [7, 11) is 0. The summed E-state index contributed by atoms with van der Waals surface area (Å²) in [6.45, 7) is 0.533. The number of hydrogen-bond acceptors (Lipinski definition) is 4. The fourth-order valence-corrected chi connectivity index (χ4v) is 1.08. The number of aromatic nitrogens is 2. The highest BCUT2D eigenvalue weighted by molar-refractivity contribution is 5.77. The van der Waals surface area contributed by atoms with Gasteiger partial charge in [-0.3, -0.25) is 14.8 Å². The number of nitrogens with one attached hydrogen (secondary N) is 2. The maximum atomic E-state index is 11.8. The highest BCUT2D eigenvalue weighted by Crippen LogP contribution is 2.11. The molecule has 0 aliphatic carbocycles. The molecule has 0 aromatic carbocycles. The Hall–Kier alpha value is -1.70. The Bertz CT molecular complexity index is 391. The van der Waals surface area contributed by atoms with E-state index in [1.165, 1.54) is 6.20 Å². The first-order chi connectivity index (χ1) is 8.37. The van der Waals surface area contributed by atoms with Crippen LogP contribution in [0.2, 0.25) is 0 Å². The molecule has 100 valence electrons. The number of rotatable bonds is 5. The molecule has 1 heterocycles. The van der Waals surface area contributed by atoms with Gasteiger partial charge in [0.1, 0.15) is 6.54 Å². The van der Waals surface area contributed by atoms with Gasteiger partial charge in [-0.05, 0) is 6.92 Å². The summed E-state index contributed by atoms with van der Waals surface area (Å²) in [5.41, 5.74) is 1.38. The predicted octanol–water partition coefficient (Wildman–Crippen LogP) is 0.553. The van der Waals surface area contributed by atoms with Crippen molar-refractivity contribution < 1.29 is 18.0 Å². The molecule has 0 spiro atoms. The molecular weight excluding hydrogens is 249 g/mol. The Morgan fingerprint density at radius 3 is 2.61 bits per heavy atom. The van der Waals surface area contributed by atoms with Crippen molar-refractivity contribution in [2.24, 2.45) is 0 Å². The average molecular weight is 262 g/mol. The molecule has 1 aromatic heterocycles. The normalized spacial score (nSPS) is 11.3. The van der Waals surface area contributed by atoms with Crippen LogP contribution >= 0.6 is 0 Å². The molecular formula is C10H13F3N4O. The summed E-state index contributed by atoms with van der Waals surface area (Å²) in [5, 5.41) is 4.43. The highest BCUT2D eigenvalue weighted by atomic mass is 19.4. The van der Waals surface area contributed by atoms with Crippen molar-refractivity contribution in [3.8, 4) is 0 Å².